The lowest BCUT2D eigenvalue weighted by Crippen LogP contribution is -1.95. The Kier molecular flexibility index (Phi) is 3.39. The summed E-state index contributed by atoms with van der Waals surface area (Å²) in [4.78, 5) is 12.3. The van der Waals surface area contributed by atoms with Crippen LogP contribution in [0.4, 0.5) is 4.39 Å². The van der Waals surface area contributed by atoms with Gasteiger partial charge in [-0.1, -0.05) is 41.9 Å². The van der Waals surface area contributed by atoms with E-state index in [1.54, 1.807) is 6.07 Å². The van der Waals surface area contributed by atoms with E-state index in [2.05, 4.69) is 15.0 Å². The van der Waals surface area contributed by atoms with Gasteiger partial charge < -0.3 is 0 Å². The fourth-order valence-corrected chi connectivity index (χ4v) is 2.04. The number of halogens is 2. The SMILES string of the molecule is Fc1cnccc1-c1cc(Cl)nc(-c2ccccc2)n1. The Morgan fingerprint density at radius 3 is 2.55 bits per heavy atom. The second-order valence-electron chi connectivity index (χ2n) is 4.12. The van der Waals surface area contributed by atoms with E-state index >= 15 is 0 Å². The summed E-state index contributed by atoms with van der Waals surface area (Å²) in [5.41, 5.74) is 1.61. The summed E-state index contributed by atoms with van der Waals surface area (Å²) in [7, 11) is 0. The van der Waals surface area contributed by atoms with Gasteiger partial charge in [0.15, 0.2) is 11.6 Å². The van der Waals surface area contributed by atoms with Crippen LogP contribution in [0.5, 0.6) is 0 Å². The molecule has 2 aromatic heterocycles. The van der Waals surface area contributed by atoms with Gasteiger partial charge in [-0.2, -0.15) is 0 Å². The zero-order valence-electron chi connectivity index (χ0n) is 10.3. The molecule has 3 aromatic rings. The van der Waals surface area contributed by atoms with E-state index in [0.717, 1.165) is 11.8 Å². The van der Waals surface area contributed by atoms with Crippen molar-refractivity contribution in [3.63, 3.8) is 0 Å². The minimum absolute atomic E-state index is 0.269. The van der Waals surface area contributed by atoms with Gasteiger partial charge in [0.05, 0.1) is 11.9 Å². The molecule has 0 radical (unpaired) electrons. The van der Waals surface area contributed by atoms with Gasteiger partial charge in [0.2, 0.25) is 0 Å². The fourth-order valence-electron chi connectivity index (χ4n) is 1.85. The van der Waals surface area contributed by atoms with Gasteiger partial charge in [-0.25, -0.2) is 14.4 Å². The zero-order valence-corrected chi connectivity index (χ0v) is 11.0. The molecule has 0 aliphatic rings. The lowest BCUT2D eigenvalue weighted by atomic mass is 10.1. The van der Waals surface area contributed by atoms with Crippen molar-refractivity contribution in [2.45, 2.75) is 0 Å². The van der Waals surface area contributed by atoms with Crippen LogP contribution in [0.1, 0.15) is 0 Å². The maximum Gasteiger partial charge on any atom is 0.161 e. The quantitative estimate of drug-likeness (QED) is 0.668. The first-order chi connectivity index (χ1) is 9.74. The molecule has 0 spiro atoms. The molecule has 20 heavy (non-hydrogen) atoms. The van der Waals surface area contributed by atoms with Crippen molar-refractivity contribution < 1.29 is 4.39 Å². The summed E-state index contributed by atoms with van der Waals surface area (Å²) < 4.78 is 13.8. The van der Waals surface area contributed by atoms with E-state index in [0.29, 0.717) is 17.1 Å². The third kappa shape index (κ3) is 2.51. The van der Waals surface area contributed by atoms with E-state index in [9.17, 15) is 4.39 Å². The number of hydrogen-bond donors (Lipinski definition) is 0. The molecule has 0 saturated carbocycles. The predicted octanol–water partition coefficient (Wildman–Crippen LogP) is 4.00. The van der Waals surface area contributed by atoms with Crippen LogP contribution in [0.2, 0.25) is 5.15 Å². The van der Waals surface area contributed by atoms with E-state index in [-0.39, 0.29) is 5.15 Å². The smallest absolute Gasteiger partial charge is 0.161 e. The standard InChI is InChI=1S/C15H9ClFN3/c16-14-8-13(11-6-7-18-9-12(11)17)19-15(20-14)10-4-2-1-3-5-10/h1-9H. The highest BCUT2D eigenvalue weighted by molar-refractivity contribution is 6.29. The van der Waals surface area contributed by atoms with Crippen LogP contribution in [0, 0.1) is 5.82 Å². The van der Waals surface area contributed by atoms with Crippen LogP contribution in [0.15, 0.2) is 54.9 Å². The third-order valence-corrected chi connectivity index (χ3v) is 2.97. The number of pyridine rings is 1. The predicted molar refractivity (Wildman–Crippen MR) is 75.7 cm³/mol. The Bertz CT molecular complexity index is 747. The van der Waals surface area contributed by atoms with Gasteiger partial charge in [-0.15, -0.1) is 0 Å². The molecule has 2 heterocycles. The highest BCUT2D eigenvalue weighted by Crippen LogP contribution is 2.25. The number of aromatic nitrogens is 3. The zero-order chi connectivity index (χ0) is 13.9. The summed E-state index contributed by atoms with van der Waals surface area (Å²) in [6.45, 7) is 0. The monoisotopic (exact) mass is 285 g/mol. The molecule has 0 bridgehead atoms. The highest BCUT2D eigenvalue weighted by Gasteiger charge is 2.10. The van der Waals surface area contributed by atoms with Gasteiger partial charge in [-0.05, 0) is 6.07 Å². The molecular weight excluding hydrogens is 277 g/mol. The minimum atomic E-state index is -0.443. The Hall–Kier alpha value is -2.33. The summed E-state index contributed by atoms with van der Waals surface area (Å²) in [6.07, 6.45) is 2.66. The van der Waals surface area contributed by atoms with E-state index in [1.807, 2.05) is 30.3 Å². The van der Waals surface area contributed by atoms with Gasteiger partial charge in [-0.3, -0.25) is 4.98 Å². The Morgan fingerprint density at radius 1 is 1.00 bits per heavy atom. The average Bonchev–Trinajstić information content (AvgIpc) is 2.48. The van der Waals surface area contributed by atoms with Gasteiger partial charge in [0.1, 0.15) is 5.15 Å². The maximum absolute atomic E-state index is 13.8. The summed E-state index contributed by atoms with van der Waals surface area (Å²) in [5, 5.41) is 0.269. The maximum atomic E-state index is 13.8. The van der Waals surface area contributed by atoms with E-state index in [1.165, 1.54) is 12.3 Å². The number of nitrogens with zero attached hydrogens (tertiary/aromatic N) is 3. The van der Waals surface area contributed by atoms with Crippen LogP contribution in [0.25, 0.3) is 22.6 Å². The van der Waals surface area contributed by atoms with Crippen LogP contribution in [-0.2, 0) is 0 Å². The second kappa shape index (κ2) is 5.35. The molecule has 0 saturated heterocycles. The molecule has 0 atom stereocenters. The second-order valence-corrected chi connectivity index (χ2v) is 4.51. The third-order valence-electron chi connectivity index (χ3n) is 2.78. The van der Waals surface area contributed by atoms with Crippen molar-refractivity contribution in [2.24, 2.45) is 0 Å². The van der Waals surface area contributed by atoms with Crippen molar-refractivity contribution >= 4 is 11.6 Å². The largest absolute Gasteiger partial charge is 0.262 e. The molecule has 1 aromatic carbocycles. The topological polar surface area (TPSA) is 38.7 Å². The molecule has 0 aliphatic carbocycles. The molecule has 0 fully saturated rings. The Labute approximate surface area is 120 Å². The van der Waals surface area contributed by atoms with E-state index in [4.69, 9.17) is 11.6 Å². The molecule has 98 valence electrons. The lowest BCUT2D eigenvalue weighted by molar-refractivity contribution is 0.624. The molecule has 5 heteroatoms. The number of benzene rings is 1. The van der Waals surface area contributed by atoms with Gasteiger partial charge in [0.25, 0.3) is 0 Å². The molecule has 0 aliphatic heterocycles. The Morgan fingerprint density at radius 2 is 1.80 bits per heavy atom. The summed E-state index contributed by atoms with van der Waals surface area (Å²) >= 11 is 6.01. The van der Waals surface area contributed by atoms with Crippen molar-refractivity contribution in [3.05, 3.63) is 65.8 Å². The van der Waals surface area contributed by atoms with Crippen LogP contribution >= 0.6 is 11.6 Å². The first kappa shape index (κ1) is 12.7. The van der Waals surface area contributed by atoms with Gasteiger partial charge in [0, 0.05) is 23.4 Å². The number of rotatable bonds is 2. The van der Waals surface area contributed by atoms with Crippen LogP contribution in [0.3, 0.4) is 0 Å². The molecule has 3 nitrogen and oxygen atoms in total. The normalized spacial score (nSPS) is 10.5. The van der Waals surface area contributed by atoms with Crippen molar-refractivity contribution in [1.82, 2.24) is 15.0 Å². The average molecular weight is 286 g/mol. The Balaban J connectivity index is 2.15. The van der Waals surface area contributed by atoms with E-state index < -0.39 is 5.82 Å². The molecule has 0 amide bonds. The van der Waals surface area contributed by atoms with Crippen molar-refractivity contribution in [2.75, 3.05) is 0 Å². The summed E-state index contributed by atoms with van der Waals surface area (Å²) in [6, 6.07) is 12.5. The first-order valence-electron chi connectivity index (χ1n) is 5.94. The molecule has 0 N–H and O–H groups in total. The van der Waals surface area contributed by atoms with Crippen molar-refractivity contribution in [3.8, 4) is 22.6 Å². The highest BCUT2D eigenvalue weighted by atomic mass is 35.5. The summed E-state index contributed by atoms with van der Waals surface area (Å²) in [5.74, 6) is 0.0191. The van der Waals surface area contributed by atoms with Crippen LogP contribution in [-0.4, -0.2) is 15.0 Å². The van der Waals surface area contributed by atoms with Crippen LogP contribution < -0.4 is 0 Å². The first-order valence-corrected chi connectivity index (χ1v) is 6.32. The molecule has 3 rings (SSSR count). The molecular formula is C15H9ClFN3. The molecule has 0 unspecified atom stereocenters. The lowest BCUT2D eigenvalue weighted by Gasteiger charge is -2.06. The minimum Gasteiger partial charge on any atom is -0.262 e. The number of hydrogen-bond acceptors (Lipinski definition) is 3. The van der Waals surface area contributed by atoms with Gasteiger partial charge >= 0.3 is 0 Å². The van der Waals surface area contributed by atoms with Crippen molar-refractivity contribution in [1.29, 1.82) is 0 Å². The fraction of sp³-hybridized carbons (Fsp3) is 0.